The number of halogens is 2. The molecule has 2 aromatic rings. The lowest BCUT2D eigenvalue weighted by Crippen LogP contribution is -2.17. The van der Waals surface area contributed by atoms with E-state index in [1.165, 1.54) is 5.56 Å². The predicted molar refractivity (Wildman–Crippen MR) is 81.4 cm³/mol. The van der Waals surface area contributed by atoms with E-state index in [0.717, 1.165) is 39.7 Å². The molecule has 0 saturated heterocycles. The van der Waals surface area contributed by atoms with Crippen LogP contribution in [-0.2, 0) is 13.0 Å². The Hall–Kier alpha value is -0.420. The Morgan fingerprint density at radius 3 is 3.00 bits per heavy atom. The monoisotopic (exact) mass is 344 g/mol. The largest absolute Gasteiger partial charge is 0.312 e. The van der Waals surface area contributed by atoms with Gasteiger partial charge in [-0.15, -0.1) is 11.3 Å². The second-order valence-corrected chi connectivity index (χ2v) is 6.37. The lowest BCUT2D eigenvalue weighted by Gasteiger charge is -2.06. The van der Waals surface area contributed by atoms with Gasteiger partial charge >= 0.3 is 0 Å². The smallest absolute Gasteiger partial charge is 0.0897 e. The Bertz CT molecular complexity index is 527. The van der Waals surface area contributed by atoms with Crippen molar-refractivity contribution in [3.05, 3.63) is 49.3 Å². The molecule has 2 rings (SSSR count). The number of hydrogen-bond donors (Lipinski definition) is 1. The highest BCUT2D eigenvalue weighted by Gasteiger charge is 2.01. The van der Waals surface area contributed by atoms with Gasteiger partial charge in [0.05, 0.1) is 10.7 Å². The zero-order valence-corrected chi connectivity index (χ0v) is 13.2. The first-order chi connectivity index (χ1) is 8.65. The molecule has 0 atom stereocenters. The molecule has 96 valence electrons. The zero-order valence-electron chi connectivity index (χ0n) is 10.0. The van der Waals surface area contributed by atoms with E-state index in [1.807, 2.05) is 25.1 Å². The molecular weight excluding hydrogens is 332 g/mol. The van der Waals surface area contributed by atoms with Crippen LogP contribution in [0.25, 0.3) is 0 Å². The summed E-state index contributed by atoms with van der Waals surface area (Å²) >= 11 is 11.2. The number of nitrogens with zero attached hydrogens (tertiary/aromatic N) is 1. The van der Waals surface area contributed by atoms with Crippen LogP contribution in [0.5, 0.6) is 0 Å². The van der Waals surface area contributed by atoms with E-state index < -0.39 is 0 Å². The van der Waals surface area contributed by atoms with E-state index in [1.54, 1.807) is 11.3 Å². The van der Waals surface area contributed by atoms with Gasteiger partial charge < -0.3 is 5.32 Å². The molecule has 0 spiro atoms. The summed E-state index contributed by atoms with van der Waals surface area (Å²) in [6.45, 7) is 3.76. The van der Waals surface area contributed by atoms with Crippen LogP contribution in [0.2, 0.25) is 5.02 Å². The molecule has 0 bridgehead atoms. The van der Waals surface area contributed by atoms with E-state index >= 15 is 0 Å². The molecule has 0 saturated carbocycles. The van der Waals surface area contributed by atoms with E-state index in [9.17, 15) is 0 Å². The molecule has 1 aromatic carbocycles. The molecule has 0 radical (unpaired) electrons. The lowest BCUT2D eigenvalue weighted by atomic mass is 10.2. The highest BCUT2D eigenvalue weighted by molar-refractivity contribution is 9.10. The molecule has 0 amide bonds. The number of nitrogens with one attached hydrogen (secondary N) is 1. The average Bonchev–Trinajstić information content (AvgIpc) is 2.75. The molecule has 1 N–H and O–H groups in total. The summed E-state index contributed by atoms with van der Waals surface area (Å²) < 4.78 is 1.09. The molecule has 2 nitrogen and oxygen atoms in total. The van der Waals surface area contributed by atoms with Crippen LogP contribution in [0, 0.1) is 6.92 Å². The van der Waals surface area contributed by atoms with E-state index in [0.29, 0.717) is 0 Å². The van der Waals surface area contributed by atoms with Crippen molar-refractivity contribution >= 4 is 38.9 Å². The summed E-state index contributed by atoms with van der Waals surface area (Å²) in [5, 5.41) is 7.42. The Kier molecular flexibility index (Phi) is 5.18. The van der Waals surface area contributed by atoms with Crippen LogP contribution in [0.15, 0.2) is 28.1 Å². The predicted octanol–water partition coefficient (Wildman–Crippen LogP) is 4.20. The minimum absolute atomic E-state index is 0.769. The molecular formula is C13H14BrClN2S. The first kappa shape index (κ1) is 14.0. The topological polar surface area (TPSA) is 24.9 Å². The molecule has 5 heteroatoms. The van der Waals surface area contributed by atoms with Crippen LogP contribution in [0.4, 0.5) is 0 Å². The molecule has 1 heterocycles. The summed E-state index contributed by atoms with van der Waals surface area (Å²) in [7, 11) is 0. The number of benzene rings is 1. The van der Waals surface area contributed by atoms with Gasteiger partial charge in [0, 0.05) is 34.4 Å². The maximum absolute atomic E-state index is 5.97. The van der Waals surface area contributed by atoms with Crippen LogP contribution in [0.1, 0.15) is 16.3 Å². The molecule has 1 aromatic heterocycles. The van der Waals surface area contributed by atoms with Gasteiger partial charge in [0.1, 0.15) is 0 Å². The lowest BCUT2D eigenvalue weighted by molar-refractivity contribution is 0.679. The molecule has 0 aliphatic carbocycles. The van der Waals surface area contributed by atoms with Crippen molar-refractivity contribution in [3.63, 3.8) is 0 Å². The van der Waals surface area contributed by atoms with Crippen molar-refractivity contribution in [1.29, 1.82) is 0 Å². The van der Waals surface area contributed by atoms with E-state index in [-0.39, 0.29) is 0 Å². The van der Waals surface area contributed by atoms with Crippen molar-refractivity contribution in [1.82, 2.24) is 10.3 Å². The third kappa shape index (κ3) is 4.05. The van der Waals surface area contributed by atoms with Crippen molar-refractivity contribution in [2.45, 2.75) is 19.9 Å². The molecule has 0 aliphatic heterocycles. The van der Waals surface area contributed by atoms with Crippen LogP contribution in [-0.4, -0.2) is 11.5 Å². The summed E-state index contributed by atoms with van der Waals surface area (Å²) in [6, 6.07) is 5.84. The Morgan fingerprint density at radius 1 is 1.44 bits per heavy atom. The molecule has 18 heavy (non-hydrogen) atoms. The van der Waals surface area contributed by atoms with Gasteiger partial charge in [0.15, 0.2) is 0 Å². The van der Waals surface area contributed by atoms with Gasteiger partial charge in [0.2, 0.25) is 0 Å². The maximum Gasteiger partial charge on any atom is 0.0897 e. The van der Waals surface area contributed by atoms with Crippen molar-refractivity contribution in [2.24, 2.45) is 0 Å². The minimum atomic E-state index is 0.769. The van der Waals surface area contributed by atoms with Crippen molar-refractivity contribution < 1.29 is 0 Å². The van der Waals surface area contributed by atoms with Gasteiger partial charge in [-0.05, 0) is 30.7 Å². The van der Waals surface area contributed by atoms with Crippen LogP contribution in [0.3, 0.4) is 0 Å². The van der Waals surface area contributed by atoms with Crippen LogP contribution >= 0.6 is 38.9 Å². The van der Waals surface area contributed by atoms with E-state index in [2.05, 4.69) is 31.6 Å². The first-order valence-electron chi connectivity index (χ1n) is 5.71. The fourth-order valence-electron chi connectivity index (χ4n) is 1.64. The maximum atomic E-state index is 5.97. The third-order valence-electron chi connectivity index (χ3n) is 2.55. The normalized spacial score (nSPS) is 10.8. The molecule has 0 fully saturated rings. The SMILES string of the molecule is Cc1nc(CCNCc2cc(Cl)ccc2Br)cs1. The first-order valence-corrected chi connectivity index (χ1v) is 7.76. The van der Waals surface area contributed by atoms with Crippen molar-refractivity contribution in [3.8, 4) is 0 Å². The fraction of sp³-hybridized carbons (Fsp3) is 0.308. The number of aromatic nitrogens is 1. The average molecular weight is 346 g/mol. The number of aryl methyl sites for hydroxylation is 1. The standard InChI is InChI=1S/C13H14BrClN2S/c1-9-17-12(8-18-9)4-5-16-7-10-6-11(15)2-3-13(10)14/h2-3,6,8,16H,4-5,7H2,1H3. The highest BCUT2D eigenvalue weighted by atomic mass is 79.9. The second kappa shape index (κ2) is 6.66. The molecule has 0 aliphatic rings. The summed E-state index contributed by atoms with van der Waals surface area (Å²) in [5.41, 5.74) is 2.34. The van der Waals surface area contributed by atoms with Crippen LogP contribution < -0.4 is 5.32 Å². The quantitative estimate of drug-likeness (QED) is 0.822. The van der Waals surface area contributed by atoms with Gasteiger partial charge in [-0.1, -0.05) is 27.5 Å². The molecule has 0 unspecified atom stereocenters. The fourth-order valence-corrected chi connectivity index (χ4v) is 2.87. The second-order valence-electron chi connectivity index (χ2n) is 4.02. The Morgan fingerprint density at radius 2 is 2.28 bits per heavy atom. The van der Waals surface area contributed by atoms with Gasteiger partial charge in [-0.25, -0.2) is 4.98 Å². The summed E-state index contributed by atoms with van der Waals surface area (Å²) in [6.07, 6.45) is 0.961. The number of hydrogen-bond acceptors (Lipinski definition) is 3. The number of thiazole rings is 1. The highest BCUT2D eigenvalue weighted by Crippen LogP contribution is 2.20. The summed E-state index contributed by atoms with van der Waals surface area (Å²) in [5.74, 6) is 0. The Balaban J connectivity index is 1.80. The van der Waals surface area contributed by atoms with Gasteiger partial charge in [-0.2, -0.15) is 0 Å². The van der Waals surface area contributed by atoms with Crippen molar-refractivity contribution in [2.75, 3.05) is 6.54 Å². The van der Waals surface area contributed by atoms with Gasteiger partial charge in [0.25, 0.3) is 0 Å². The Labute approximate surface area is 125 Å². The third-order valence-corrected chi connectivity index (χ3v) is 4.38. The number of rotatable bonds is 5. The van der Waals surface area contributed by atoms with Gasteiger partial charge in [-0.3, -0.25) is 0 Å². The summed E-state index contributed by atoms with van der Waals surface area (Å²) in [4.78, 5) is 4.44. The zero-order chi connectivity index (χ0) is 13.0. The van der Waals surface area contributed by atoms with E-state index in [4.69, 9.17) is 11.6 Å². The minimum Gasteiger partial charge on any atom is -0.312 e.